The van der Waals surface area contributed by atoms with Crippen molar-refractivity contribution in [3.63, 3.8) is 0 Å². The quantitative estimate of drug-likeness (QED) is 0.615. The Labute approximate surface area is 144 Å². The molecule has 3 rings (SSSR count). The zero-order valence-corrected chi connectivity index (χ0v) is 14.9. The first kappa shape index (κ1) is 17.2. The summed E-state index contributed by atoms with van der Waals surface area (Å²) in [5.41, 5.74) is 7.42. The predicted molar refractivity (Wildman–Crippen MR) is 94.2 cm³/mol. The van der Waals surface area contributed by atoms with E-state index in [0.29, 0.717) is 5.69 Å². The molecule has 2 aliphatic heterocycles. The van der Waals surface area contributed by atoms with Gasteiger partial charge in [0.25, 0.3) is 10.0 Å². The third-order valence-corrected chi connectivity index (χ3v) is 5.95. The topological polar surface area (TPSA) is 112 Å². The van der Waals surface area contributed by atoms with Gasteiger partial charge in [0, 0.05) is 6.04 Å². The van der Waals surface area contributed by atoms with Gasteiger partial charge in [-0.05, 0) is 38.0 Å². The van der Waals surface area contributed by atoms with Crippen LogP contribution >= 0.6 is 11.8 Å². The Morgan fingerprint density at radius 2 is 2.21 bits per heavy atom. The minimum atomic E-state index is -3.73. The summed E-state index contributed by atoms with van der Waals surface area (Å²) in [6, 6.07) is 5.29. The van der Waals surface area contributed by atoms with Gasteiger partial charge in [-0.15, -0.1) is 4.40 Å². The van der Waals surface area contributed by atoms with E-state index in [-0.39, 0.29) is 33.9 Å². The van der Waals surface area contributed by atoms with Crippen LogP contribution in [0.1, 0.15) is 18.9 Å². The highest BCUT2D eigenvalue weighted by Crippen LogP contribution is 2.30. The fourth-order valence-electron chi connectivity index (χ4n) is 2.50. The first-order valence-corrected chi connectivity index (χ1v) is 9.92. The van der Waals surface area contributed by atoms with Crippen molar-refractivity contribution in [2.45, 2.75) is 37.4 Å². The highest BCUT2D eigenvalue weighted by atomic mass is 32.2. The van der Waals surface area contributed by atoms with Gasteiger partial charge >= 0.3 is 0 Å². The Bertz CT molecular complexity index is 794. The van der Waals surface area contributed by atoms with Crippen LogP contribution in [-0.4, -0.2) is 37.5 Å². The second-order valence-corrected chi connectivity index (χ2v) is 8.37. The number of rotatable bonds is 3. The lowest BCUT2D eigenvalue weighted by molar-refractivity contribution is -0.119. The van der Waals surface area contributed by atoms with Gasteiger partial charge in [0.15, 0.2) is 5.17 Å². The molecule has 2 aliphatic rings. The maximum absolute atomic E-state index is 12.2. The second-order valence-electron chi connectivity index (χ2n) is 5.83. The first-order valence-electron chi connectivity index (χ1n) is 7.49. The molecule has 0 aliphatic carbocycles. The van der Waals surface area contributed by atoms with Crippen molar-refractivity contribution in [2.75, 3.05) is 11.1 Å². The summed E-state index contributed by atoms with van der Waals surface area (Å²) >= 11 is 1.06. The number of hydrazine groups is 1. The number of sulfonamides is 1. The van der Waals surface area contributed by atoms with E-state index in [1.165, 1.54) is 6.07 Å². The monoisotopic (exact) mass is 369 g/mol. The van der Waals surface area contributed by atoms with Crippen molar-refractivity contribution in [3.8, 4) is 0 Å². The number of hydrogen-bond acceptors (Lipinski definition) is 7. The number of thioether (sulfide) groups is 1. The molecule has 130 valence electrons. The van der Waals surface area contributed by atoms with Gasteiger partial charge in [-0.3, -0.25) is 10.2 Å². The zero-order chi connectivity index (χ0) is 17.3. The lowest BCUT2D eigenvalue weighted by Gasteiger charge is -2.18. The molecule has 2 heterocycles. The number of amidine groups is 1. The summed E-state index contributed by atoms with van der Waals surface area (Å²) < 4.78 is 28.1. The highest BCUT2D eigenvalue weighted by molar-refractivity contribution is 8.15. The number of nitrogens with one attached hydrogen (secondary N) is 4. The summed E-state index contributed by atoms with van der Waals surface area (Å²) in [6.45, 7) is 3.89. The molecule has 4 N–H and O–H groups in total. The SMILES string of the molecule is Cc1ccc2c(c1)NC(SCC(=O)NC1CC(C)NN1)=NS2(=O)=O. The molecule has 2 unspecified atom stereocenters. The van der Waals surface area contributed by atoms with Gasteiger partial charge in [-0.1, -0.05) is 17.8 Å². The van der Waals surface area contributed by atoms with Gasteiger partial charge in [-0.2, -0.15) is 8.42 Å². The average molecular weight is 369 g/mol. The van der Waals surface area contributed by atoms with Crippen LogP contribution < -0.4 is 21.5 Å². The van der Waals surface area contributed by atoms with Gasteiger partial charge < -0.3 is 10.6 Å². The molecular weight excluding hydrogens is 350 g/mol. The third kappa shape index (κ3) is 3.89. The van der Waals surface area contributed by atoms with Gasteiger partial charge in [0.1, 0.15) is 4.90 Å². The van der Waals surface area contributed by atoms with E-state index in [1.54, 1.807) is 12.1 Å². The molecule has 24 heavy (non-hydrogen) atoms. The molecule has 1 aromatic carbocycles. The van der Waals surface area contributed by atoms with Crippen LogP contribution in [0.4, 0.5) is 5.69 Å². The molecule has 0 bridgehead atoms. The Balaban J connectivity index is 1.62. The molecule has 0 spiro atoms. The molecule has 1 fully saturated rings. The fraction of sp³-hybridized carbons (Fsp3) is 0.429. The average Bonchev–Trinajstić information content (AvgIpc) is 2.89. The second kappa shape index (κ2) is 6.71. The maximum Gasteiger partial charge on any atom is 0.286 e. The molecule has 0 aromatic heterocycles. The van der Waals surface area contributed by atoms with E-state index in [2.05, 4.69) is 25.9 Å². The number of fused-ring (bicyclic) bond motifs is 1. The van der Waals surface area contributed by atoms with Crippen LogP contribution in [-0.2, 0) is 14.8 Å². The van der Waals surface area contributed by atoms with Gasteiger partial charge in [0.05, 0.1) is 17.6 Å². The summed E-state index contributed by atoms with van der Waals surface area (Å²) in [5.74, 6) is -0.111. The maximum atomic E-state index is 12.2. The van der Waals surface area contributed by atoms with Crippen LogP contribution in [0.2, 0.25) is 0 Å². The number of amides is 1. The van der Waals surface area contributed by atoms with Gasteiger partial charge in [0.2, 0.25) is 5.91 Å². The summed E-state index contributed by atoms with van der Waals surface area (Å²) in [5, 5.41) is 6.01. The van der Waals surface area contributed by atoms with Crippen molar-refractivity contribution >= 4 is 38.5 Å². The molecule has 0 radical (unpaired) electrons. The number of anilines is 1. The Kier molecular flexibility index (Phi) is 4.81. The molecule has 1 aromatic rings. The largest absolute Gasteiger partial charge is 0.339 e. The van der Waals surface area contributed by atoms with Crippen LogP contribution in [0, 0.1) is 6.92 Å². The lowest BCUT2D eigenvalue weighted by atomic mass is 10.2. The minimum absolute atomic E-state index is 0.0784. The number of hydrogen-bond donors (Lipinski definition) is 4. The van der Waals surface area contributed by atoms with E-state index in [9.17, 15) is 13.2 Å². The van der Waals surface area contributed by atoms with Crippen molar-refractivity contribution in [1.82, 2.24) is 16.2 Å². The summed E-state index contributed by atoms with van der Waals surface area (Å²) in [7, 11) is -3.73. The Hall–Kier alpha value is -1.62. The van der Waals surface area contributed by atoms with Crippen molar-refractivity contribution in [3.05, 3.63) is 23.8 Å². The van der Waals surface area contributed by atoms with Crippen molar-refractivity contribution in [2.24, 2.45) is 4.40 Å². The Morgan fingerprint density at radius 3 is 2.92 bits per heavy atom. The van der Waals surface area contributed by atoms with E-state index in [1.807, 2.05) is 13.8 Å². The number of carbonyl (C=O) groups is 1. The molecule has 1 amide bonds. The molecule has 2 atom stereocenters. The lowest BCUT2D eigenvalue weighted by Crippen LogP contribution is -2.45. The Morgan fingerprint density at radius 1 is 1.42 bits per heavy atom. The van der Waals surface area contributed by atoms with E-state index < -0.39 is 10.0 Å². The summed E-state index contributed by atoms with van der Waals surface area (Å²) in [4.78, 5) is 12.1. The smallest absolute Gasteiger partial charge is 0.286 e. The summed E-state index contributed by atoms with van der Waals surface area (Å²) in [6.07, 6.45) is 0.665. The number of aryl methyl sites for hydroxylation is 1. The first-order chi connectivity index (χ1) is 11.3. The van der Waals surface area contributed by atoms with Crippen molar-refractivity contribution < 1.29 is 13.2 Å². The molecule has 8 nitrogen and oxygen atoms in total. The number of carbonyl (C=O) groups excluding carboxylic acids is 1. The van der Waals surface area contributed by atoms with Gasteiger partial charge in [-0.25, -0.2) is 5.43 Å². The predicted octanol–water partition coefficient (Wildman–Crippen LogP) is 0.527. The minimum Gasteiger partial charge on any atom is -0.339 e. The standard InChI is InChI=1S/C14H19N5O3S2/c1-8-3-4-11-10(5-8)15-14(19-24(11,21)22)23-7-13(20)16-12-6-9(2)17-18-12/h3-5,9,12,17-18H,6-7H2,1-2H3,(H,15,19)(H,16,20). The normalized spacial score (nSPS) is 24.7. The van der Waals surface area contributed by atoms with Crippen LogP contribution in [0.5, 0.6) is 0 Å². The van der Waals surface area contributed by atoms with Crippen molar-refractivity contribution in [1.29, 1.82) is 0 Å². The van der Waals surface area contributed by atoms with E-state index in [0.717, 1.165) is 23.7 Å². The van der Waals surface area contributed by atoms with Crippen LogP contribution in [0.25, 0.3) is 0 Å². The van der Waals surface area contributed by atoms with Crippen LogP contribution in [0.3, 0.4) is 0 Å². The van der Waals surface area contributed by atoms with E-state index in [4.69, 9.17) is 0 Å². The molecule has 10 heteroatoms. The molecular formula is C14H19N5O3S2. The fourth-order valence-corrected chi connectivity index (χ4v) is 4.53. The third-order valence-electron chi connectivity index (χ3n) is 3.63. The highest BCUT2D eigenvalue weighted by Gasteiger charge is 2.26. The molecule has 1 saturated heterocycles. The van der Waals surface area contributed by atoms with E-state index >= 15 is 0 Å². The number of nitrogens with zero attached hydrogens (tertiary/aromatic N) is 1. The number of benzene rings is 1. The zero-order valence-electron chi connectivity index (χ0n) is 13.3. The van der Waals surface area contributed by atoms with Crippen LogP contribution in [0.15, 0.2) is 27.5 Å². The molecule has 0 saturated carbocycles.